The number of piperazine rings is 1. The second-order valence-electron chi connectivity index (χ2n) is 4.26. The predicted molar refractivity (Wildman–Crippen MR) is 69.1 cm³/mol. The summed E-state index contributed by atoms with van der Waals surface area (Å²) in [4.78, 5) is 25.2. The van der Waals surface area contributed by atoms with Gasteiger partial charge in [-0.05, 0) is 17.7 Å². The summed E-state index contributed by atoms with van der Waals surface area (Å²) in [6.45, 7) is 0.843. The van der Waals surface area contributed by atoms with Crippen molar-refractivity contribution in [3.8, 4) is 0 Å². The van der Waals surface area contributed by atoms with E-state index >= 15 is 0 Å². The van der Waals surface area contributed by atoms with Gasteiger partial charge in [0.2, 0.25) is 5.91 Å². The third-order valence-corrected chi connectivity index (χ3v) is 3.70. The topological polar surface area (TPSA) is 60.9 Å². The van der Waals surface area contributed by atoms with Crippen molar-refractivity contribution in [1.82, 2.24) is 9.80 Å². The first-order chi connectivity index (χ1) is 8.97. The molecule has 0 saturated carbocycles. The molecule has 0 bridgehead atoms. The van der Waals surface area contributed by atoms with Gasteiger partial charge in [-0.1, -0.05) is 22.0 Å². The number of carbonyl (C=O) groups excluding carboxylic acids is 1. The zero-order valence-electron chi connectivity index (χ0n) is 9.97. The standard InChI is InChI=1S/C12H12BrFN2O3/c13-10-5-9(14)2-1-8(10)6-15-3-4-16(12(18)19)7-11(15)17/h1-2,5H,3-4,6-7H2,(H,18,19). The molecule has 19 heavy (non-hydrogen) atoms. The Kier molecular flexibility index (Phi) is 4.04. The summed E-state index contributed by atoms with van der Waals surface area (Å²) in [5, 5.41) is 8.81. The van der Waals surface area contributed by atoms with Crippen molar-refractivity contribution in [2.45, 2.75) is 6.54 Å². The van der Waals surface area contributed by atoms with Crippen molar-refractivity contribution in [2.24, 2.45) is 0 Å². The molecule has 2 amide bonds. The first-order valence-electron chi connectivity index (χ1n) is 5.67. The minimum absolute atomic E-state index is 0.131. The van der Waals surface area contributed by atoms with Crippen LogP contribution in [0.4, 0.5) is 9.18 Å². The molecule has 5 nitrogen and oxygen atoms in total. The zero-order chi connectivity index (χ0) is 14.0. The normalized spacial score (nSPS) is 15.8. The van der Waals surface area contributed by atoms with Crippen molar-refractivity contribution < 1.29 is 19.1 Å². The van der Waals surface area contributed by atoms with Crippen LogP contribution in [0, 0.1) is 5.82 Å². The molecule has 0 atom stereocenters. The van der Waals surface area contributed by atoms with Gasteiger partial charge < -0.3 is 10.0 Å². The molecule has 1 aliphatic rings. The summed E-state index contributed by atoms with van der Waals surface area (Å²) < 4.78 is 13.6. The molecule has 1 N–H and O–H groups in total. The van der Waals surface area contributed by atoms with E-state index in [1.807, 2.05) is 0 Å². The summed E-state index contributed by atoms with van der Waals surface area (Å²) >= 11 is 3.25. The van der Waals surface area contributed by atoms with Crippen molar-refractivity contribution in [3.05, 3.63) is 34.1 Å². The van der Waals surface area contributed by atoms with Crippen molar-refractivity contribution >= 4 is 27.9 Å². The molecule has 0 radical (unpaired) electrons. The van der Waals surface area contributed by atoms with Gasteiger partial charge in [0.15, 0.2) is 0 Å². The second kappa shape index (κ2) is 5.56. The molecular formula is C12H12BrFN2O3. The monoisotopic (exact) mass is 330 g/mol. The van der Waals surface area contributed by atoms with E-state index in [1.165, 1.54) is 12.1 Å². The lowest BCUT2D eigenvalue weighted by atomic mass is 10.2. The molecule has 1 aromatic rings. The fourth-order valence-corrected chi connectivity index (χ4v) is 2.37. The van der Waals surface area contributed by atoms with Crippen LogP contribution in [0.15, 0.2) is 22.7 Å². The molecule has 102 valence electrons. The van der Waals surface area contributed by atoms with Gasteiger partial charge in [0.25, 0.3) is 0 Å². The molecule has 0 unspecified atom stereocenters. The van der Waals surface area contributed by atoms with Crippen LogP contribution in [0.1, 0.15) is 5.56 Å². The summed E-state index contributed by atoms with van der Waals surface area (Å²) in [6.07, 6.45) is -1.09. The van der Waals surface area contributed by atoms with Crippen LogP contribution in [0.2, 0.25) is 0 Å². The Labute approximate surface area is 117 Å². The number of hydrogen-bond donors (Lipinski definition) is 1. The Bertz CT molecular complexity index is 524. The van der Waals surface area contributed by atoms with Crippen LogP contribution in [-0.4, -0.2) is 46.5 Å². The van der Waals surface area contributed by atoms with Gasteiger partial charge in [-0.25, -0.2) is 9.18 Å². The van der Waals surface area contributed by atoms with Gasteiger partial charge in [0.1, 0.15) is 12.4 Å². The Morgan fingerprint density at radius 1 is 1.42 bits per heavy atom. The maximum atomic E-state index is 13.0. The van der Waals surface area contributed by atoms with E-state index in [9.17, 15) is 14.0 Å². The van der Waals surface area contributed by atoms with Gasteiger partial charge in [0.05, 0.1) is 0 Å². The maximum Gasteiger partial charge on any atom is 0.407 e. The van der Waals surface area contributed by atoms with E-state index in [2.05, 4.69) is 15.9 Å². The average molecular weight is 331 g/mol. The van der Waals surface area contributed by atoms with Crippen LogP contribution in [0.3, 0.4) is 0 Å². The molecular weight excluding hydrogens is 319 g/mol. The molecule has 1 aliphatic heterocycles. The molecule has 1 saturated heterocycles. The summed E-state index contributed by atoms with van der Waals surface area (Å²) in [6, 6.07) is 4.28. The minimum atomic E-state index is -1.09. The van der Waals surface area contributed by atoms with Crippen molar-refractivity contribution in [3.63, 3.8) is 0 Å². The number of carbonyl (C=O) groups is 2. The highest BCUT2D eigenvalue weighted by atomic mass is 79.9. The molecule has 0 spiro atoms. The van der Waals surface area contributed by atoms with E-state index in [-0.39, 0.29) is 18.3 Å². The predicted octanol–water partition coefficient (Wildman–Crippen LogP) is 1.91. The molecule has 1 fully saturated rings. The number of carboxylic acid groups (broad SMARTS) is 1. The quantitative estimate of drug-likeness (QED) is 0.901. The average Bonchev–Trinajstić information content (AvgIpc) is 2.34. The van der Waals surface area contributed by atoms with Gasteiger partial charge in [0, 0.05) is 24.1 Å². The number of halogens is 2. The summed E-state index contributed by atoms with van der Waals surface area (Å²) in [5.74, 6) is -0.595. The van der Waals surface area contributed by atoms with Crippen LogP contribution in [-0.2, 0) is 11.3 Å². The number of hydrogen-bond acceptors (Lipinski definition) is 2. The Morgan fingerprint density at radius 3 is 2.74 bits per heavy atom. The summed E-state index contributed by atoms with van der Waals surface area (Å²) in [7, 11) is 0. The lowest BCUT2D eigenvalue weighted by Gasteiger charge is -2.33. The van der Waals surface area contributed by atoms with Gasteiger partial charge in [-0.2, -0.15) is 0 Å². The van der Waals surface area contributed by atoms with Crippen LogP contribution >= 0.6 is 15.9 Å². The third-order valence-electron chi connectivity index (χ3n) is 2.97. The molecule has 0 aromatic heterocycles. The molecule has 1 heterocycles. The number of benzene rings is 1. The summed E-state index contributed by atoms with van der Waals surface area (Å²) in [5.41, 5.74) is 0.790. The minimum Gasteiger partial charge on any atom is -0.465 e. The Hall–Kier alpha value is -1.63. The van der Waals surface area contributed by atoms with Crippen molar-refractivity contribution in [2.75, 3.05) is 19.6 Å². The SMILES string of the molecule is O=C(O)N1CCN(Cc2ccc(F)cc2Br)C(=O)C1. The lowest BCUT2D eigenvalue weighted by molar-refractivity contribution is -0.135. The van der Waals surface area contributed by atoms with E-state index in [4.69, 9.17) is 5.11 Å². The largest absolute Gasteiger partial charge is 0.465 e. The molecule has 7 heteroatoms. The van der Waals surface area contributed by atoms with Crippen LogP contribution in [0.25, 0.3) is 0 Å². The first kappa shape index (κ1) is 13.8. The van der Waals surface area contributed by atoms with Gasteiger partial charge in [-0.3, -0.25) is 9.69 Å². The second-order valence-corrected chi connectivity index (χ2v) is 5.11. The maximum absolute atomic E-state index is 13.0. The Balaban J connectivity index is 2.04. The van der Waals surface area contributed by atoms with E-state index in [0.29, 0.717) is 24.1 Å². The van der Waals surface area contributed by atoms with Gasteiger partial charge >= 0.3 is 6.09 Å². The third kappa shape index (κ3) is 3.23. The van der Waals surface area contributed by atoms with E-state index in [1.54, 1.807) is 11.0 Å². The fourth-order valence-electron chi connectivity index (χ4n) is 1.89. The number of amides is 2. The molecule has 2 rings (SSSR count). The molecule has 1 aromatic carbocycles. The first-order valence-corrected chi connectivity index (χ1v) is 6.46. The fraction of sp³-hybridized carbons (Fsp3) is 0.333. The highest BCUT2D eigenvalue weighted by molar-refractivity contribution is 9.10. The van der Waals surface area contributed by atoms with E-state index in [0.717, 1.165) is 10.5 Å². The van der Waals surface area contributed by atoms with Crippen molar-refractivity contribution in [1.29, 1.82) is 0 Å². The van der Waals surface area contributed by atoms with Crippen LogP contribution in [0.5, 0.6) is 0 Å². The highest BCUT2D eigenvalue weighted by Crippen LogP contribution is 2.20. The molecule has 0 aliphatic carbocycles. The Morgan fingerprint density at radius 2 is 2.16 bits per heavy atom. The number of rotatable bonds is 2. The van der Waals surface area contributed by atoms with Gasteiger partial charge in [-0.15, -0.1) is 0 Å². The zero-order valence-corrected chi connectivity index (χ0v) is 11.6. The van der Waals surface area contributed by atoms with Crippen LogP contribution < -0.4 is 0 Å². The van der Waals surface area contributed by atoms with E-state index < -0.39 is 6.09 Å². The lowest BCUT2D eigenvalue weighted by Crippen LogP contribution is -2.51. The smallest absolute Gasteiger partial charge is 0.407 e. The number of nitrogens with zero attached hydrogens (tertiary/aromatic N) is 2. The highest BCUT2D eigenvalue weighted by Gasteiger charge is 2.27.